The first-order valence-corrected chi connectivity index (χ1v) is 9.92. The van der Waals surface area contributed by atoms with Gasteiger partial charge < -0.3 is 9.47 Å². The molecule has 0 N–H and O–H groups in total. The topological polar surface area (TPSA) is 35.5 Å². The van der Waals surface area contributed by atoms with Crippen LogP contribution in [0.5, 0.6) is 5.75 Å². The third-order valence-corrected chi connectivity index (χ3v) is 7.32. The molecule has 0 spiro atoms. The second-order valence-corrected chi connectivity index (χ2v) is 8.86. The Morgan fingerprint density at radius 1 is 1.04 bits per heavy atom. The molecule has 4 aliphatic rings. The lowest BCUT2D eigenvalue weighted by Crippen LogP contribution is -2.59. The summed E-state index contributed by atoms with van der Waals surface area (Å²) in [4.78, 5) is 11.2. The van der Waals surface area contributed by atoms with Crippen molar-refractivity contribution in [1.82, 2.24) is 0 Å². The summed E-state index contributed by atoms with van der Waals surface area (Å²) >= 11 is 0. The van der Waals surface area contributed by atoms with Gasteiger partial charge in [-0.3, -0.25) is 4.79 Å². The SMILES string of the molecule is C=C1C2(OC)CC3CC(C2)CC1(c1ccc2cc(OC(C)=O)ccc2c1)C3. The summed E-state index contributed by atoms with van der Waals surface area (Å²) in [6, 6.07) is 12.6. The molecule has 6 rings (SSSR count). The molecule has 3 heteroatoms. The summed E-state index contributed by atoms with van der Waals surface area (Å²) in [5, 5.41) is 2.27. The first-order valence-electron chi connectivity index (χ1n) is 9.92. The summed E-state index contributed by atoms with van der Waals surface area (Å²) in [7, 11) is 1.86. The van der Waals surface area contributed by atoms with Gasteiger partial charge >= 0.3 is 5.97 Å². The van der Waals surface area contributed by atoms with Gasteiger partial charge in [-0.1, -0.05) is 30.8 Å². The number of benzene rings is 2. The molecule has 2 unspecified atom stereocenters. The van der Waals surface area contributed by atoms with Crippen LogP contribution >= 0.6 is 0 Å². The second kappa shape index (κ2) is 5.68. The van der Waals surface area contributed by atoms with Crippen LogP contribution in [-0.2, 0) is 14.9 Å². The molecule has 0 radical (unpaired) electrons. The third-order valence-electron chi connectivity index (χ3n) is 7.32. The Bertz CT molecular complexity index is 943. The van der Waals surface area contributed by atoms with Crippen molar-refractivity contribution in [2.75, 3.05) is 7.11 Å². The van der Waals surface area contributed by atoms with Crippen LogP contribution in [0.1, 0.15) is 44.6 Å². The predicted molar refractivity (Wildman–Crippen MR) is 106 cm³/mol. The summed E-state index contributed by atoms with van der Waals surface area (Å²) in [6.45, 7) is 6.02. The number of hydrogen-bond acceptors (Lipinski definition) is 3. The number of hydrogen-bond donors (Lipinski definition) is 0. The average Bonchev–Trinajstić information content (AvgIpc) is 2.64. The minimum absolute atomic E-state index is 0.0445. The molecule has 2 aromatic rings. The molecule has 27 heavy (non-hydrogen) atoms. The molecule has 0 amide bonds. The molecule has 3 nitrogen and oxygen atoms in total. The zero-order valence-electron chi connectivity index (χ0n) is 16.1. The fourth-order valence-electron chi connectivity index (χ4n) is 6.41. The zero-order chi connectivity index (χ0) is 18.8. The third kappa shape index (κ3) is 2.41. The summed E-state index contributed by atoms with van der Waals surface area (Å²) in [6.07, 6.45) is 6.02. The van der Waals surface area contributed by atoms with E-state index >= 15 is 0 Å². The van der Waals surface area contributed by atoms with Crippen molar-refractivity contribution >= 4 is 16.7 Å². The van der Waals surface area contributed by atoms with Crippen LogP contribution in [0.15, 0.2) is 48.6 Å². The number of ether oxygens (including phenoxy) is 2. The minimum atomic E-state index is -0.291. The fourth-order valence-corrected chi connectivity index (χ4v) is 6.41. The Morgan fingerprint density at radius 3 is 2.37 bits per heavy atom. The van der Waals surface area contributed by atoms with Gasteiger partial charge in [-0.15, -0.1) is 0 Å². The zero-order valence-corrected chi connectivity index (χ0v) is 16.1. The molecule has 4 saturated carbocycles. The number of fused-ring (bicyclic) bond motifs is 1. The molecular formula is C24H26O3. The van der Waals surface area contributed by atoms with Gasteiger partial charge in [0.25, 0.3) is 0 Å². The van der Waals surface area contributed by atoms with Crippen molar-refractivity contribution in [2.45, 2.75) is 50.0 Å². The van der Waals surface area contributed by atoms with Gasteiger partial charge in [0.1, 0.15) is 5.75 Å². The molecule has 2 atom stereocenters. The van der Waals surface area contributed by atoms with E-state index in [1.807, 2.05) is 25.3 Å². The van der Waals surface area contributed by atoms with E-state index in [-0.39, 0.29) is 17.0 Å². The smallest absolute Gasteiger partial charge is 0.308 e. The van der Waals surface area contributed by atoms with E-state index in [1.54, 1.807) is 0 Å². The van der Waals surface area contributed by atoms with Gasteiger partial charge in [0, 0.05) is 19.4 Å². The van der Waals surface area contributed by atoms with Crippen LogP contribution in [0.2, 0.25) is 0 Å². The molecule has 0 aromatic heterocycles. The second-order valence-electron chi connectivity index (χ2n) is 8.86. The lowest BCUT2D eigenvalue weighted by Gasteiger charge is -2.63. The molecule has 0 heterocycles. The molecule has 2 aromatic carbocycles. The standard InChI is InChI=1S/C24H26O3/c1-15-23(11-17-8-18(12-23)14-24(15,13-17)26-3)21-6-4-20-10-22(27-16(2)25)7-5-19(20)9-21/h4-7,9-10,17-18H,1,8,11-14H2,2-3H3. The van der Waals surface area contributed by atoms with Gasteiger partial charge in [0.2, 0.25) is 0 Å². The van der Waals surface area contributed by atoms with Crippen LogP contribution < -0.4 is 4.74 Å². The van der Waals surface area contributed by atoms with Crippen molar-refractivity contribution in [3.8, 4) is 5.75 Å². The van der Waals surface area contributed by atoms with Crippen LogP contribution in [0.3, 0.4) is 0 Å². The first-order chi connectivity index (χ1) is 12.9. The van der Waals surface area contributed by atoms with Crippen molar-refractivity contribution in [2.24, 2.45) is 11.8 Å². The Hall–Kier alpha value is -2.13. The Morgan fingerprint density at radius 2 is 1.70 bits per heavy atom. The lowest BCUT2D eigenvalue weighted by molar-refractivity contribution is -0.131. The fraction of sp³-hybridized carbons (Fsp3) is 0.458. The normalized spacial score (nSPS) is 34.2. The quantitative estimate of drug-likeness (QED) is 0.429. The van der Waals surface area contributed by atoms with Crippen molar-refractivity contribution in [1.29, 1.82) is 0 Å². The van der Waals surface area contributed by atoms with E-state index in [2.05, 4.69) is 24.8 Å². The first kappa shape index (κ1) is 17.0. The Labute approximate surface area is 160 Å². The van der Waals surface area contributed by atoms with Crippen LogP contribution in [0.25, 0.3) is 10.8 Å². The molecule has 4 bridgehead atoms. The van der Waals surface area contributed by atoms with Crippen LogP contribution in [0.4, 0.5) is 0 Å². The Balaban J connectivity index is 1.58. The van der Waals surface area contributed by atoms with Crippen molar-refractivity contribution < 1.29 is 14.3 Å². The minimum Gasteiger partial charge on any atom is -0.427 e. The molecule has 4 aliphatic carbocycles. The van der Waals surface area contributed by atoms with Gasteiger partial charge in [0.05, 0.1) is 5.60 Å². The number of methoxy groups -OCH3 is 1. The van der Waals surface area contributed by atoms with E-state index in [4.69, 9.17) is 9.47 Å². The van der Waals surface area contributed by atoms with Crippen LogP contribution in [-0.4, -0.2) is 18.7 Å². The van der Waals surface area contributed by atoms with Crippen molar-refractivity contribution in [3.63, 3.8) is 0 Å². The molecule has 0 aliphatic heterocycles. The molecule has 4 fully saturated rings. The van der Waals surface area contributed by atoms with E-state index in [0.717, 1.165) is 30.1 Å². The number of rotatable bonds is 3. The van der Waals surface area contributed by atoms with E-state index in [0.29, 0.717) is 5.75 Å². The highest BCUT2D eigenvalue weighted by Gasteiger charge is 2.61. The van der Waals surface area contributed by atoms with Gasteiger partial charge in [-0.25, -0.2) is 0 Å². The average molecular weight is 362 g/mol. The van der Waals surface area contributed by atoms with Crippen molar-refractivity contribution in [3.05, 3.63) is 54.1 Å². The van der Waals surface area contributed by atoms with Gasteiger partial charge in [-0.2, -0.15) is 0 Å². The maximum atomic E-state index is 11.2. The van der Waals surface area contributed by atoms with E-state index < -0.39 is 0 Å². The number of esters is 1. The molecule has 140 valence electrons. The van der Waals surface area contributed by atoms with Gasteiger partial charge in [0.15, 0.2) is 0 Å². The lowest BCUT2D eigenvalue weighted by atomic mass is 9.44. The van der Waals surface area contributed by atoms with Gasteiger partial charge in [-0.05, 0) is 78.0 Å². The summed E-state index contributed by atoms with van der Waals surface area (Å²) in [5.74, 6) is 1.79. The Kier molecular flexibility index (Phi) is 3.58. The monoisotopic (exact) mass is 362 g/mol. The predicted octanol–water partition coefficient (Wildman–Crippen LogP) is 5.17. The number of carbonyl (C=O) groups excluding carboxylic acids is 1. The van der Waals surface area contributed by atoms with E-state index in [9.17, 15) is 4.79 Å². The highest BCUT2D eigenvalue weighted by atomic mass is 16.5. The number of carbonyl (C=O) groups is 1. The largest absolute Gasteiger partial charge is 0.427 e. The van der Waals surface area contributed by atoms with Crippen LogP contribution in [0, 0.1) is 11.8 Å². The maximum absolute atomic E-state index is 11.2. The summed E-state index contributed by atoms with van der Waals surface area (Å²) in [5.41, 5.74) is 2.58. The summed E-state index contributed by atoms with van der Waals surface area (Å²) < 4.78 is 11.3. The molecular weight excluding hydrogens is 336 g/mol. The highest BCUT2D eigenvalue weighted by Crippen LogP contribution is 2.65. The molecule has 0 saturated heterocycles. The maximum Gasteiger partial charge on any atom is 0.308 e. The highest BCUT2D eigenvalue weighted by molar-refractivity contribution is 5.85. The van der Waals surface area contributed by atoms with E-state index in [1.165, 1.54) is 42.7 Å².